The molecule has 0 saturated heterocycles. The minimum absolute atomic E-state index is 0.0613. The van der Waals surface area contributed by atoms with E-state index in [9.17, 15) is 18.0 Å². The summed E-state index contributed by atoms with van der Waals surface area (Å²) in [6.45, 7) is 3.16. The van der Waals surface area contributed by atoms with Crippen LogP contribution in [0.1, 0.15) is 18.1 Å². The Morgan fingerprint density at radius 3 is 2.56 bits per heavy atom. The number of nitrogens with one attached hydrogen (secondary N) is 1. The molecular weight excluding hydrogens is 456 g/mol. The predicted octanol–water partition coefficient (Wildman–Crippen LogP) is 3.26. The summed E-state index contributed by atoms with van der Waals surface area (Å²) < 4.78 is 26.3. The number of halogens is 2. The molecule has 3 aromatic rings. The molecule has 0 radical (unpaired) electrons. The Morgan fingerprint density at radius 2 is 1.89 bits per heavy atom. The maximum atomic E-state index is 12.9. The largest absolute Gasteiger partial charge is 0.329 e. The highest BCUT2D eigenvalue weighted by Gasteiger charge is 2.19. The number of hydrogen-bond acceptors (Lipinski definition) is 4. The minimum atomic E-state index is -3.54. The Bertz CT molecular complexity index is 1280. The SMILES string of the molecule is CCS(=O)(=O)c1ccc(Cl)cc1Cn1c(=O)[nH]c2c(Br)cc(C)cc2c1=O. The first-order valence-corrected chi connectivity index (χ1v) is 10.9. The second-order valence-corrected chi connectivity index (χ2v) is 9.68. The summed E-state index contributed by atoms with van der Waals surface area (Å²) in [7, 11) is -3.54. The average Bonchev–Trinajstić information content (AvgIpc) is 2.59. The van der Waals surface area contributed by atoms with Gasteiger partial charge in [0.25, 0.3) is 5.56 Å². The van der Waals surface area contributed by atoms with E-state index in [0.717, 1.165) is 10.1 Å². The van der Waals surface area contributed by atoms with E-state index in [-0.39, 0.29) is 17.2 Å². The molecule has 0 amide bonds. The van der Waals surface area contributed by atoms with Crippen molar-refractivity contribution in [1.82, 2.24) is 9.55 Å². The molecule has 0 saturated carbocycles. The molecule has 0 aliphatic heterocycles. The highest BCUT2D eigenvalue weighted by molar-refractivity contribution is 9.10. The van der Waals surface area contributed by atoms with E-state index >= 15 is 0 Å². The molecule has 0 aliphatic carbocycles. The average molecular weight is 472 g/mol. The van der Waals surface area contributed by atoms with Gasteiger partial charge in [0, 0.05) is 9.50 Å². The van der Waals surface area contributed by atoms with Crippen molar-refractivity contribution in [3.05, 3.63) is 71.8 Å². The lowest BCUT2D eigenvalue weighted by Crippen LogP contribution is -2.35. The zero-order valence-electron chi connectivity index (χ0n) is 14.5. The number of aromatic nitrogens is 2. The Kier molecular flexibility index (Phi) is 5.33. The molecular formula is C18H16BrClN2O4S. The maximum absolute atomic E-state index is 12.9. The first-order valence-electron chi connectivity index (χ1n) is 8.08. The van der Waals surface area contributed by atoms with Crippen LogP contribution >= 0.6 is 27.5 Å². The van der Waals surface area contributed by atoms with Gasteiger partial charge in [-0.1, -0.05) is 18.5 Å². The number of aryl methyl sites for hydroxylation is 1. The Labute approximate surface area is 168 Å². The lowest BCUT2D eigenvalue weighted by atomic mass is 10.1. The smallest absolute Gasteiger partial charge is 0.306 e. The van der Waals surface area contributed by atoms with E-state index in [0.29, 0.717) is 26.0 Å². The van der Waals surface area contributed by atoms with Crippen LogP contribution in [0.3, 0.4) is 0 Å². The van der Waals surface area contributed by atoms with Crippen molar-refractivity contribution in [2.45, 2.75) is 25.3 Å². The molecule has 1 heterocycles. The van der Waals surface area contributed by atoms with Crippen LogP contribution in [-0.4, -0.2) is 23.7 Å². The van der Waals surface area contributed by atoms with Crippen LogP contribution in [0.25, 0.3) is 10.9 Å². The van der Waals surface area contributed by atoms with Crippen molar-refractivity contribution in [3.63, 3.8) is 0 Å². The van der Waals surface area contributed by atoms with Gasteiger partial charge in [-0.3, -0.25) is 9.36 Å². The summed E-state index contributed by atoms with van der Waals surface area (Å²) in [5, 5.41) is 0.660. The first-order chi connectivity index (χ1) is 12.6. The van der Waals surface area contributed by atoms with Crippen LogP contribution in [0.15, 0.2) is 49.3 Å². The van der Waals surface area contributed by atoms with Crippen LogP contribution in [-0.2, 0) is 16.4 Å². The van der Waals surface area contributed by atoms with Gasteiger partial charge >= 0.3 is 5.69 Å². The van der Waals surface area contributed by atoms with E-state index in [2.05, 4.69) is 20.9 Å². The van der Waals surface area contributed by atoms with Gasteiger partial charge in [-0.15, -0.1) is 0 Å². The summed E-state index contributed by atoms with van der Waals surface area (Å²) in [5.74, 6) is -0.100. The number of hydrogen-bond donors (Lipinski definition) is 1. The van der Waals surface area contributed by atoms with E-state index in [4.69, 9.17) is 11.6 Å². The third kappa shape index (κ3) is 3.74. The van der Waals surface area contributed by atoms with Crippen molar-refractivity contribution in [2.24, 2.45) is 0 Å². The molecule has 27 heavy (non-hydrogen) atoms. The number of aromatic amines is 1. The Balaban J connectivity index is 2.26. The van der Waals surface area contributed by atoms with Crippen LogP contribution < -0.4 is 11.2 Å². The molecule has 0 fully saturated rings. The quantitative estimate of drug-likeness (QED) is 0.632. The van der Waals surface area contributed by atoms with Crippen molar-refractivity contribution >= 4 is 48.3 Å². The lowest BCUT2D eigenvalue weighted by Gasteiger charge is -2.12. The second kappa shape index (κ2) is 7.26. The number of H-pyrrole nitrogens is 1. The van der Waals surface area contributed by atoms with Crippen LogP contribution in [0.2, 0.25) is 5.02 Å². The van der Waals surface area contributed by atoms with Crippen LogP contribution in [0.4, 0.5) is 0 Å². The highest BCUT2D eigenvalue weighted by atomic mass is 79.9. The van der Waals surface area contributed by atoms with Gasteiger partial charge < -0.3 is 4.98 Å². The summed E-state index contributed by atoms with van der Waals surface area (Å²) in [5.41, 5.74) is 0.416. The van der Waals surface area contributed by atoms with Gasteiger partial charge in [-0.2, -0.15) is 0 Å². The topological polar surface area (TPSA) is 89.0 Å². The third-order valence-electron chi connectivity index (χ3n) is 4.25. The summed E-state index contributed by atoms with van der Waals surface area (Å²) in [6.07, 6.45) is 0. The molecule has 0 atom stereocenters. The monoisotopic (exact) mass is 470 g/mol. The number of benzene rings is 2. The molecule has 1 aromatic heterocycles. The fourth-order valence-corrected chi connectivity index (χ4v) is 4.87. The molecule has 1 N–H and O–H groups in total. The lowest BCUT2D eigenvalue weighted by molar-refractivity contribution is 0.594. The number of nitrogens with zero attached hydrogens (tertiary/aromatic N) is 1. The normalized spacial score (nSPS) is 11.9. The first kappa shape index (κ1) is 19.9. The van der Waals surface area contributed by atoms with Crippen LogP contribution in [0.5, 0.6) is 0 Å². The summed E-state index contributed by atoms with van der Waals surface area (Å²) >= 11 is 9.37. The van der Waals surface area contributed by atoms with Gasteiger partial charge in [0.05, 0.1) is 28.1 Å². The molecule has 142 valence electrons. The van der Waals surface area contributed by atoms with Gasteiger partial charge in [0.1, 0.15) is 0 Å². The molecule has 0 bridgehead atoms. The molecule has 2 aromatic carbocycles. The standard InChI is InChI=1S/C18H16BrClN2O4S/c1-3-27(25,26)15-5-4-12(20)8-11(15)9-22-17(23)13-6-10(2)7-14(19)16(13)21-18(22)24/h4-8H,3,9H2,1-2H3,(H,21,24). The Morgan fingerprint density at radius 1 is 1.19 bits per heavy atom. The molecule has 9 heteroatoms. The molecule has 3 rings (SSSR count). The van der Waals surface area contributed by atoms with Gasteiger partial charge in [-0.05, 0) is 64.3 Å². The van der Waals surface area contributed by atoms with Crippen molar-refractivity contribution in [1.29, 1.82) is 0 Å². The third-order valence-corrected chi connectivity index (χ3v) is 6.94. The minimum Gasteiger partial charge on any atom is -0.306 e. The second-order valence-electron chi connectivity index (χ2n) is 6.15. The van der Waals surface area contributed by atoms with Crippen LogP contribution in [0, 0.1) is 6.92 Å². The summed E-state index contributed by atoms with van der Waals surface area (Å²) in [6, 6.07) is 7.81. The molecule has 0 aliphatic rings. The predicted molar refractivity (Wildman–Crippen MR) is 110 cm³/mol. The zero-order chi connectivity index (χ0) is 19.9. The molecule has 6 nitrogen and oxygen atoms in total. The van der Waals surface area contributed by atoms with E-state index in [1.165, 1.54) is 25.1 Å². The van der Waals surface area contributed by atoms with E-state index in [1.54, 1.807) is 12.1 Å². The van der Waals surface area contributed by atoms with Crippen molar-refractivity contribution in [2.75, 3.05) is 5.75 Å². The van der Waals surface area contributed by atoms with E-state index < -0.39 is 21.1 Å². The van der Waals surface area contributed by atoms with Crippen molar-refractivity contribution in [3.8, 4) is 0 Å². The maximum Gasteiger partial charge on any atom is 0.329 e. The number of sulfone groups is 1. The Hall–Kier alpha value is -1.90. The fourth-order valence-electron chi connectivity index (χ4n) is 2.89. The van der Waals surface area contributed by atoms with Gasteiger partial charge in [0.15, 0.2) is 9.84 Å². The highest BCUT2D eigenvalue weighted by Crippen LogP contribution is 2.23. The molecule has 0 unspecified atom stereocenters. The van der Waals surface area contributed by atoms with E-state index in [1.807, 2.05) is 6.92 Å². The van der Waals surface area contributed by atoms with Gasteiger partial charge in [0.2, 0.25) is 0 Å². The number of fused-ring (bicyclic) bond motifs is 1. The summed E-state index contributed by atoms with van der Waals surface area (Å²) in [4.78, 5) is 28.2. The molecule has 0 spiro atoms. The van der Waals surface area contributed by atoms with Gasteiger partial charge in [-0.25, -0.2) is 13.2 Å². The number of rotatable bonds is 4. The van der Waals surface area contributed by atoms with Crippen molar-refractivity contribution < 1.29 is 8.42 Å². The zero-order valence-corrected chi connectivity index (χ0v) is 17.7. The fraction of sp³-hybridized carbons (Fsp3) is 0.222.